The van der Waals surface area contributed by atoms with E-state index < -0.39 is 0 Å². The number of fused-ring (bicyclic) bond motifs is 6. The van der Waals surface area contributed by atoms with Gasteiger partial charge in [0.2, 0.25) is 6.71 Å². The van der Waals surface area contributed by atoms with Gasteiger partial charge in [0.25, 0.3) is 0 Å². The standard InChI is InChI=1S/C39H29BN4O/c1-42-22-23-43(26-42)29-11-8-10-27(24-29)40(34-15-9-14-33-32-13-3-5-17-37(32)45-39(33)34)28-19-20-31-30-12-2-4-16-35(30)44(36(31)25-28)38-18-6-7-21-41-38/h2-25H,26H2,1H3. The summed E-state index contributed by atoms with van der Waals surface area (Å²) in [6, 6.07) is 45.4. The Bertz CT molecular complexity index is 2410. The zero-order valence-corrected chi connectivity index (χ0v) is 24.8. The van der Waals surface area contributed by atoms with Crippen LogP contribution in [0.1, 0.15) is 0 Å². The van der Waals surface area contributed by atoms with Gasteiger partial charge in [-0.2, -0.15) is 0 Å². The molecule has 214 valence electrons. The highest BCUT2D eigenvalue weighted by Crippen LogP contribution is 2.32. The molecule has 1 aliphatic heterocycles. The highest BCUT2D eigenvalue weighted by atomic mass is 16.3. The van der Waals surface area contributed by atoms with Crippen molar-refractivity contribution in [2.75, 3.05) is 18.6 Å². The minimum atomic E-state index is -0.0712. The Kier molecular flexibility index (Phi) is 5.81. The first-order valence-electron chi connectivity index (χ1n) is 15.3. The van der Waals surface area contributed by atoms with Gasteiger partial charge in [-0.1, -0.05) is 95.9 Å². The summed E-state index contributed by atoms with van der Waals surface area (Å²) < 4.78 is 8.92. The van der Waals surface area contributed by atoms with Crippen LogP contribution in [-0.4, -0.2) is 34.9 Å². The minimum absolute atomic E-state index is 0.0712. The van der Waals surface area contributed by atoms with Crippen LogP contribution in [0.4, 0.5) is 5.69 Å². The van der Waals surface area contributed by atoms with Crippen LogP contribution in [0.2, 0.25) is 0 Å². The summed E-state index contributed by atoms with van der Waals surface area (Å²) >= 11 is 0. The first-order chi connectivity index (χ1) is 22.2. The molecule has 6 heteroatoms. The summed E-state index contributed by atoms with van der Waals surface area (Å²) in [5.41, 5.74) is 8.84. The lowest BCUT2D eigenvalue weighted by molar-refractivity contribution is 0.496. The zero-order valence-electron chi connectivity index (χ0n) is 24.8. The van der Waals surface area contributed by atoms with E-state index >= 15 is 0 Å². The average Bonchev–Trinajstić information content (AvgIpc) is 3.79. The van der Waals surface area contributed by atoms with Crippen molar-refractivity contribution in [1.29, 1.82) is 0 Å². The molecule has 9 rings (SSSR count). The first-order valence-corrected chi connectivity index (χ1v) is 15.3. The molecule has 3 aromatic heterocycles. The molecule has 0 fully saturated rings. The fourth-order valence-corrected chi connectivity index (χ4v) is 7.03. The van der Waals surface area contributed by atoms with E-state index in [1.807, 2.05) is 24.4 Å². The predicted octanol–water partition coefficient (Wildman–Crippen LogP) is 6.77. The fraction of sp³-hybridized carbons (Fsp3) is 0.0513. The van der Waals surface area contributed by atoms with Gasteiger partial charge < -0.3 is 14.2 Å². The molecule has 0 unspecified atom stereocenters. The van der Waals surface area contributed by atoms with Gasteiger partial charge in [-0.15, -0.1) is 0 Å². The Hall–Kier alpha value is -5.75. The molecular formula is C39H29BN4O. The van der Waals surface area contributed by atoms with Gasteiger partial charge in [0, 0.05) is 52.9 Å². The quantitative estimate of drug-likeness (QED) is 0.211. The van der Waals surface area contributed by atoms with Gasteiger partial charge in [0.05, 0.1) is 17.7 Å². The Morgan fingerprint density at radius 3 is 2.29 bits per heavy atom. The molecule has 5 aromatic carbocycles. The molecular weight excluding hydrogens is 551 g/mol. The average molecular weight is 581 g/mol. The summed E-state index contributed by atoms with van der Waals surface area (Å²) in [7, 11) is 2.10. The maximum Gasteiger partial charge on any atom is 0.246 e. The maximum atomic E-state index is 6.64. The number of para-hydroxylation sites is 3. The number of rotatable bonds is 5. The summed E-state index contributed by atoms with van der Waals surface area (Å²) in [6.45, 7) is 0.752. The molecule has 0 atom stereocenters. The van der Waals surface area contributed by atoms with Crippen molar-refractivity contribution in [2.45, 2.75) is 0 Å². The topological polar surface area (TPSA) is 37.4 Å². The number of nitrogens with zero attached hydrogens (tertiary/aromatic N) is 4. The van der Waals surface area contributed by atoms with Gasteiger partial charge in [0.15, 0.2) is 0 Å². The Balaban J connectivity index is 1.32. The molecule has 45 heavy (non-hydrogen) atoms. The number of benzene rings is 5. The largest absolute Gasteiger partial charge is 0.457 e. The van der Waals surface area contributed by atoms with Crippen LogP contribution in [-0.2, 0) is 0 Å². The number of pyridine rings is 1. The van der Waals surface area contributed by atoms with Crippen molar-refractivity contribution in [3.8, 4) is 5.82 Å². The molecule has 0 N–H and O–H groups in total. The molecule has 0 spiro atoms. The Labute approximate surface area is 261 Å². The van der Waals surface area contributed by atoms with E-state index in [4.69, 9.17) is 9.40 Å². The summed E-state index contributed by atoms with van der Waals surface area (Å²) in [4.78, 5) is 9.24. The highest BCUT2D eigenvalue weighted by Gasteiger charge is 2.28. The van der Waals surface area contributed by atoms with E-state index in [2.05, 4.69) is 143 Å². The molecule has 0 saturated carbocycles. The van der Waals surface area contributed by atoms with Gasteiger partial charge in [0.1, 0.15) is 17.0 Å². The molecule has 0 radical (unpaired) electrons. The third-order valence-electron chi connectivity index (χ3n) is 9.07. The van der Waals surface area contributed by atoms with Crippen LogP contribution in [0.5, 0.6) is 0 Å². The maximum absolute atomic E-state index is 6.64. The Morgan fingerprint density at radius 2 is 1.42 bits per heavy atom. The van der Waals surface area contributed by atoms with Crippen LogP contribution < -0.4 is 21.3 Å². The van der Waals surface area contributed by atoms with E-state index in [0.717, 1.165) is 50.9 Å². The SMILES string of the molecule is CN1C=CN(c2cccc(B(c3ccc4c5ccccc5n(-c5ccccn5)c4c3)c3cccc4c3oc3ccccc34)c2)C1. The van der Waals surface area contributed by atoms with Crippen molar-refractivity contribution >= 4 is 72.5 Å². The van der Waals surface area contributed by atoms with E-state index in [0.29, 0.717) is 0 Å². The minimum Gasteiger partial charge on any atom is -0.457 e. The molecule has 1 aliphatic rings. The second kappa shape index (κ2) is 10.2. The van der Waals surface area contributed by atoms with E-state index in [1.54, 1.807) is 0 Å². The van der Waals surface area contributed by atoms with Crippen molar-refractivity contribution in [3.63, 3.8) is 0 Å². The van der Waals surface area contributed by atoms with Crippen LogP contribution in [0.25, 0.3) is 49.6 Å². The van der Waals surface area contributed by atoms with Crippen LogP contribution >= 0.6 is 0 Å². The van der Waals surface area contributed by atoms with Gasteiger partial charge in [-0.3, -0.25) is 4.57 Å². The number of hydrogen-bond acceptors (Lipinski definition) is 4. The smallest absolute Gasteiger partial charge is 0.246 e. The number of furan rings is 1. The molecule has 0 aliphatic carbocycles. The third kappa shape index (κ3) is 4.14. The lowest BCUT2D eigenvalue weighted by Crippen LogP contribution is -2.52. The number of hydrogen-bond donors (Lipinski definition) is 0. The number of anilines is 1. The highest BCUT2D eigenvalue weighted by molar-refractivity contribution is 6.97. The fourth-order valence-electron chi connectivity index (χ4n) is 7.03. The summed E-state index contributed by atoms with van der Waals surface area (Å²) in [5, 5.41) is 4.70. The molecule has 8 aromatic rings. The van der Waals surface area contributed by atoms with Crippen LogP contribution in [0, 0.1) is 0 Å². The van der Waals surface area contributed by atoms with E-state index in [1.165, 1.54) is 27.4 Å². The van der Waals surface area contributed by atoms with Crippen molar-refractivity contribution in [3.05, 3.63) is 146 Å². The predicted molar refractivity (Wildman–Crippen MR) is 188 cm³/mol. The molecule has 0 saturated heterocycles. The van der Waals surface area contributed by atoms with Crippen molar-refractivity contribution in [2.24, 2.45) is 0 Å². The van der Waals surface area contributed by atoms with Crippen molar-refractivity contribution in [1.82, 2.24) is 14.5 Å². The van der Waals surface area contributed by atoms with Crippen LogP contribution in [0.15, 0.2) is 150 Å². The molecule has 4 heterocycles. The van der Waals surface area contributed by atoms with Gasteiger partial charge in [-0.05, 0) is 47.9 Å². The molecule has 5 nitrogen and oxygen atoms in total. The van der Waals surface area contributed by atoms with Gasteiger partial charge in [-0.25, -0.2) is 4.98 Å². The van der Waals surface area contributed by atoms with Crippen LogP contribution in [0.3, 0.4) is 0 Å². The lowest BCUT2D eigenvalue weighted by Gasteiger charge is -2.21. The van der Waals surface area contributed by atoms with E-state index in [-0.39, 0.29) is 6.71 Å². The molecule has 0 bridgehead atoms. The summed E-state index contributed by atoms with van der Waals surface area (Å²) in [6.07, 6.45) is 6.12. The lowest BCUT2D eigenvalue weighted by atomic mass is 9.36. The first kappa shape index (κ1) is 25.7. The zero-order chi connectivity index (χ0) is 29.9. The monoisotopic (exact) mass is 580 g/mol. The van der Waals surface area contributed by atoms with Gasteiger partial charge >= 0.3 is 0 Å². The Morgan fingerprint density at radius 1 is 0.644 bits per heavy atom. The second-order valence-electron chi connectivity index (χ2n) is 11.8. The number of aromatic nitrogens is 2. The normalized spacial score (nSPS) is 13.2. The van der Waals surface area contributed by atoms with E-state index in [9.17, 15) is 0 Å². The second-order valence-corrected chi connectivity index (χ2v) is 11.8. The third-order valence-corrected chi connectivity index (χ3v) is 9.07. The molecule has 0 amide bonds. The summed E-state index contributed by atoms with van der Waals surface area (Å²) in [5.74, 6) is 0.906. The van der Waals surface area contributed by atoms with Crippen molar-refractivity contribution < 1.29 is 4.42 Å².